The number of nitriles is 1. The standard InChI is InChI=1S/C24H19ClN2O3/c25-18-11-20-22(27-14-18)23(29)21(28)12-19(16-5-3-1-2-4-6-16)24(23,30-20)17-9-7-15(13-26)8-10-17/h1-11,14,16,19,21,28-29H,12H2/t19-,21+,23+,24-/m0/s1. The lowest BCUT2D eigenvalue weighted by atomic mass is 9.70. The van der Waals surface area contributed by atoms with Crippen molar-refractivity contribution in [2.24, 2.45) is 11.8 Å². The normalized spacial score (nSPS) is 31.7. The maximum Gasteiger partial charge on any atom is 0.180 e. The Labute approximate surface area is 179 Å². The van der Waals surface area contributed by atoms with Crippen LogP contribution >= 0.6 is 11.6 Å². The summed E-state index contributed by atoms with van der Waals surface area (Å²) in [5.41, 5.74) is -1.58. The first-order valence-corrected chi connectivity index (χ1v) is 10.2. The Morgan fingerprint density at radius 1 is 1.13 bits per heavy atom. The van der Waals surface area contributed by atoms with Crippen LogP contribution in [0.5, 0.6) is 5.75 Å². The van der Waals surface area contributed by atoms with Gasteiger partial charge in [-0.15, -0.1) is 0 Å². The van der Waals surface area contributed by atoms with Gasteiger partial charge in [0.1, 0.15) is 11.4 Å². The molecule has 0 spiro atoms. The minimum absolute atomic E-state index is 0.0934. The molecule has 0 unspecified atom stereocenters. The number of hydrogen-bond donors (Lipinski definition) is 2. The molecule has 2 N–H and O–H groups in total. The Morgan fingerprint density at radius 3 is 2.50 bits per heavy atom. The molecule has 1 saturated carbocycles. The average molecular weight is 419 g/mol. The van der Waals surface area contributed by atoms with Crippen molar-refractivity contribution < 1.29 is 14.9 Å². The van der Waals surface area contributed by atoms with Crippen molar-refractivity contribution in [3.05, 3.63) is 94.8 Å². The molecule has 1 aliphatic heterocycles. The largest absolute Gasteiger partial charge is 0.477 e. The lowest BCUT2D eigenvalue weighted by Crippen LogP contribution is -2.53. The van der Waals surface area contributed by atoms with E-state index in [0.717, 1.165) is 0 Å². The van der Waals surface area contributed by atoms with Crippen molar-refractivity contribution in [3.63, 3.8) is 0 Å². The van der Waals surface area contributed by atoms with Gasteiger partial charge >= 0.3 is 0 Å². The maximum atomic E-state index is 12.0. The molecule has 1 aromatic heterocycles. The molecular formula is C24H19ClN2O3. The molecule has 5 rings (SSSR count). The van der Waals surface area contributed by atoms with Crippen LogP contribution < -0.4 is 4.74 Å². The van der Waals surface area contributed by atoms with E-state index in [1.165, 1.54) is 6.20 Å². The van der Waals surface area contributed by atoms with E-state index in [0.29, 0.717) is 28.3 Å². The number of nitrogens with zero attached hydrogens (tertiary/aromatic N) is 2. The predicted octanol–water partition coefficient (Wildman–Crippen LogP) is 3.76. The molecule has 2 aromatic rings. The van der Waals surface area contributed by atoms with Crippen LogP contribution in [0.3, 0.4) is 0 Å². The number of rotatable bonds is 2. The second-order valence-corrected chi connectivity index (χ2v) is 8.32. The summed E-state index contributed by atoms with van der Waals surface area (Å²) in [5, 5.41) is 32.8. The molecule has 0 bridgehead atoms. The number of fused-ring (bicyclic) bond motifs is 3. The molecule has 6 heteroatoms. The molecule has 3 aliphatic rings. The van der Waals surface area contributed by atoms with Crippen molar-refractivity contribution in [1.29, 1.82) is 5.26 Å². The van der Waals surface area contributed by atoms with Crippen LogP contribution in [0.1, 0.15) is 23.2 Å². The van der Waals surface area contributed by atoms with Gasteiger partial charge in [-0.2, -0.15) is 5.26 Å². The van der Waals surface area contributed by atoms with E-state index in [-0.39, 0.29) is 17.5 Å². The van der Waals surface area contributed by atoms with Gasteiger partial charge in [0.15, 0.2) is 11.2 Å². The predicted molar refractivity (Wildman–Crippen MR) is 112 cm³/mol. The molecule has 0 saturated heterocycles. The van der Waals surface area contributed by atoms with Gasteiger partial charge in [0, 0.05) is 24.1 Å². The van der Waals surface area contributed by atoms with Gasteiger partial charge in [-0.25, -0.2) is 0 Å². The summed E-state index contributed by atoms with van der Waals surface area (Å²) in [7, 11) is 0. The second-order valence-electron chi connectivity index (χ2n) is 7.88. The first-order chi connectivity index (χ1) is 14.5. The highest BCUT2D eigenvalue weighted by atomic mass is 35.5. The molecule has 150 valence electrons. The minimum Gasteiger partial charge on any atom is -0.477 e. The summed E-state index contributed by atoms with van der Waals surface area (Å²) in [6.07, 6.45) is 12.6. The van der Waals surface area contributed by atoms with Crippen molar-refractivity contribution >= 4 is 11.6 Å². The summed E-state index contributed by atoms with van der Waals surface area (Å²) in [6, 6.07) is 10.7. The highest BCUT2D eigenvalue weighted by Crippen LogP contribution is 2.65. The lowest BCUT2D eigenvalue weighted by Gasteiger charge is -2.41. The molecule has 0 amide bonds. The maximum absolute atomic E-state index is 12.0. The van der Waals surface area contributed by atoms with Crippen molar-refractivity contribution in [3.8, 4) is 11.8 Å². The fourth-order valence-electron chi connectivity index (χ4n) is 5.11. The van der Waals surface area contributed by atoms with E-state index < -0.39 is 17.3 Å². The third-order valence-electron chi connectivity index (χ3n) is 6.41. The molecule has 30 heavy (non-hydrogen) atoms. The van der Waals surface area contributed by atoms with Gasteiger partial charge < -0.3 is 14.9 Å². The molecule has 2 aliphatic carbocycles. The molecule has 4 atom stereocenters. The van der Waals surface area contributed by atoms with E-state index in [2.05, 4.69) is 11.1 Å². The molecule has 1 aromatic carbocycles. The van der Waals surface area contributed by atoms with Crippen LogP contribution in [0.25, 0.3) is 0 Å². The Hall–Kier alpha value is -2.91. The zero-order valence-electron chi connectivity index (χ0n) is 15.9. The second kappa shape index (κ2) is 6.82. The molecule has 5 nitrogen and oxygen atoms in total. The fraction of sp³-hybridized carbons (Fsp3) is 0.250. The van der Waals surface area contributed by atoms with Crippen molar-refractivity contribution in [1.82, 2.24) is 4.98 Å². The van der Waals surface area contributed by atoms with Gasteiger partial charge in [0.25, 0.3) is 0 Å². The van der Waals surface area contributed by atoms with Crippen molar-refractivity contribution in [2.45, 2.75) is 23.7 Å². The summed E-state index contributed by atoms with van der Waals surface area (Å²) in [4.78, 5) is 4.36. The Balaban J connectivity index is 1.75. The molecule has 2 heterocycles. The first-order valence-electron chi connectivity index (χ1n) is 9.78. The number of ether oxygens (including phenoxy) is 1. The van der Waals surface area contributed by atoms with Crippen LogP contribution in [0.15, 0.2) is 73.0 Å². The molecular weight excluding hydrogens is 400 g/mol. The first kappa shape index (κ1) is 19.1. The van der Waals surface area contributed by atoms with Crippen LogP contribution in [-0.2, 0) is 11.2 Å². The third-order valence-corrected chi connectivity index (χ3v) is 6.61. The van der Waals surface area contributed by atoms with Gasteiger partial charge in [0.2, 0.25) is 0 Å². The van der Waals surface area contributed by atoms with E-state index in [1.54, 1.807) is 30.3 Å². The molecule has 1 fully saturated rings. The SMILES string of the molecule is N#Cc1ccc([C@@]23Oc4cc(Cl)cnc4[C@]2(O)[C@H](O)C[C@H]3C2C=CC=CC=C2)cc1. The third kappa shape index (κ3) is 2.45. The zero-order chi connectivity index (χ0) is 20.9. The van der Waals surface area contributed by atoms with E-state index in [4.69, 9.17) is 16.3 Å². The minimum atomic E-state index is -1.76. The summed E-state index contributed by atoms with van der Waals surface area (Å²) < 4.78 is 6.51. The highest BCUT2D eigenvalue weighted by molar-refractivity contribution is 6.30. The van der Waals surface area contributed by atoms with E-state index in [9.17, 15) is 15.5 Å². The average Bonchev–Trinajstić information content (AvgIpc) is 2.98. The summed E-state index contributed by atoms with van der Waals surface area (Å²) in [5.74, 6) is -0.0206. The number of aliphatic hydroxyl groups excluding tert-OH is 1. The number of pyridine rings is 1. The highest BCUT2D eigenvalue weighted by Gasteiger charge is 2.73. The number of halogens is 1. The van der Waals surface area contributed by atoms with Gasteiger partial charge in [-0.1, -0.05) is 60.2 Å². The summed E-state index contributed by atoms with van der Waals surface area (Å²) in [6.45, 7) is 0. The summed E-state index contributed by atoms with van der Waals surface area (Å²) >= 11 is 6.15. The van der Waals surface area contributed by atoms with E-state index in [1.807, 2.05) is 36.5 Å². The quantitative estimate of drug-likeness (QED) is 0.775. The fourth-order valence-corrected chi connectivity index (χ4v) is 5.26. The Morgan fingerprint density at radius 2 is 1.83 bits per heavy atom. The Kier molecular flexibility index (Phi) is 4.33. The monoisotopic (exact) mass is 418 g/mol. The van der Waals surface area contributed by atoms with Gasteiger partial charge in [-0.05, 0) is 24.1 Å². The topological polar surface area (TPSA) is 86.4 Å². The number of benzene rings is 1. The molecule has 0 radical (unpaired) electrons. The number of allylic oxidation sites excluding steroid dienone is 6. The lowest BCUT2D eigenvalue weighted by molar-refractivity contribution is -0.160. The Bertz CT molecular complexity index is 1120. The van der Waals surface area contributed by atoms with Crippen LogP contribution in [0, 0.1) is 23.2 Å². The van der Waals surface area contributed by atoms with Crippen LogP contribution in [-0.4, -0.2) is 21.3 Å². The number of hydrogen-bond acceptors (Lipinski definition) is 5. The smallest absolute Gasteiger partial charge is 0.180 e. The number of aliphatic hydroxyl groups is 2. The van der Waals surface area contributed by atoms with Gasteiger partial charge in [-0.3, -0.25) is 4.98 Å². The van der Waals surface area contributed by atoms with Crippen LogP contribution in [0.2, 0.25) is 5.02 Å². The van der Waals surface area contributed by atoms with Crippen LogP contribution in [0.4, 0.5) is 0 Å². The number of aromatic nitrogens is 1. The van der Waals surface area contributed by atoms with E-state index >= 15 is 0 Å². The van der Waals surface area contributed by atoms with Gasteiger partial charge in [0.05, 0.1) is 22.8 Å². The van der Waals surface area contributed by atoms with Crippen molar-refractivity contribution in [2.75, 3.05) is 0 Å². The zero-order valence-corrected chi connectivity index (χ0v) is 16.7.